The van der Waals surface area contributed by atoms with Crippen LogP contribution < -0.4 is 10.6 Å². The summed E-state index contributed by atoms with van der Waals surface area (Å²) in [6, 6.07) is 17.3. The summed E-state index contributed by atoms with van der Waals surface area (Å²) in [5.74, 6) is -0.460. The number of nitrogens with zero attached hydrogens (tertiary/aromatic N) is 1. The van der Waals surface area contributed by atoms with Crippen LogP contribution in [0.3, 0.4) is 0 Å². The van der Waals surface area contributed by atoms with Crippen LogP contribution >= 0.6 is 11.6 Å². The quantitative estimate of drug-likeness (QED) is 0.445. The molecule has 4 nitrogen and oxygen atoms in total. The molecule has 2 aromatic carbocycles. The lowest BCUT2D eigenvalue weighted by atomic mass is 10.1. The predicted molar refractivity (Wildman–Crippen MR) is 101 cm³/mol. The molecule has 0 heterocycles. The molecule has 0 atom stereocenters. The summed E-state index contributed by atoms with van der Waals surface area (Å²) in [4.78, 5) is 12.1. The topological polar surface area (TPSA) is 64.9 Å². The van der Waals surface area contributed by atoms with Crippen molar-refractivity contribution in [3.05, 3.63) is 76.5 Å². The summed E-state index contributed by atoms with van der Waals surface area (Å²) >= 11 is 6.04. The van der Waals surface area contributed by atoms with E-state index in [4.69, 9.17) is 16.9 Å². The van der Waals surface area contributed by atoms with Gasteiger partial charge in [-0.2, -0.15) is 5.26 Å². The van der Waals surface area contributed by atoms with Crippen LogP contribution in [0.4, 0.5) is 5.69 Å². The number of hydrogen-bond acceptors (Lipinski definition) is 3. The minimum absolute atomic E-state index is 0.0245. The van der Waals surface area contributed by atoms with E-state index < -0.39 is 5.91 Å². The molecule has 0 spiro atoms. The van der Waals surface area contributed by atoms with Gasteiger partial charge < -0.3 is 10.6 Å². The Labute approximate surface area is 153 Å². The molecule has 2 N–H and O–H groups in total. The molecule has 1 amide bonds. The van der Waals surface area contributed by atoms with Crippen LogP contribution in [0.15, 0.2) is 60.3 Å². The first-order valence-electron chi connectivity index (χ1n) is 8.05. The smallest absolute Gasteiger partial charge is 0.267 e. The monoisotopic (exact) mass is 353 g/mol. The summed E-state index contributed by atoms with van der Waals surface area (Å²) in [6.45, 7) is 2.57. The number of nitrogens with one attached hydrogen (secondary N) is 2. The van der Waals surface area contributed by atoms with Crippen molar-refractivity contribution in [3.8, 4) is 6.07 Å². The van der Waals surface area contributed by atoms with E-state index in [-0.39, 0.29) is 5.57 Å². The fraction of sp³-hybridized carbons (Fsp3) is 0.200. The van der Waals surface area contributed by atoms with E-state index in [9.17, 15) is 4.79 Å². The number of halogens is 1. The second-order valence-corrected chi connectivity index (χ2v) is 6.04. The van der Waals surface area contributed by atoms with Gasteiger partial charge in [0.1, 0.15) is 11.6 Å². The third-order valence-corrected chi connectivity index (χ3v) is 4.08. The van der Waals surface area contributed by atoms with Crippen LogP contribution in [-0.4, -0.2) is 12.5 Å². The maximum absolute atomic E-state index is 12.1. The highest BCUT2D eigenvalue weighted by Crippen LogP contribution is 2.20. The molecule has 0 saturated heterocycles. The second kappa shape index (κ2) is 9.51. The lowest BCUT2D eigenvalue weighted by Gasteiger charge is -2.07. The maximum Gasteiger partial charge on any atom is 0.267 e. The number of benzene rings is 2. The number of hydrogen-bond donors (Lipinski definition) is 2. The summed E-state index contributed by atoms with van der Waals surface area (Å²) in [6.07, 6.45) is 3.31. The molecule has 2 aromatic rings. The van der Waals surface area contributed by atoms with E-state index in [0.717, 1.165) is 18.4 Å². The van der Waals surface area contributed by atoms with Crippen molar-refractivity contribution in [1.29, 1.82) is 5.26 Å². The Hall–Kier alpha value is -2.77. The van der Waals surface area contributed by atoms with E-state index in [1.165, 1.54) is 11.8 Å². The standard InChI is InChI=1S/C20H20ClN3O/c1-15-9-10-18(12-19(15)21)24-20(25)17(13-22)14-23-11-5-8-16-6-3-2-4-7-16/h2-4,6-7,9-10,12,14,23H,5,8,11H2,1H3,(H,24,25)/b17-14-. The lowest BCUT2D eigenvalue weighted by molar-refractivity contribution is -0.112. The molecule has 0 aromatic heterocycles. The third-order valence-electron chi connectivity index (χ3n) is 3.67. The molecule has 0 aliphatic heterocycles. The average molecular weight is 354 g/mol. The molecule has 0 fully saturated rings. The van der Waals surface area contributed by atoms with Crippen molar-refractivity contribution >= 4 is 23.2 Å². The Balaban J connectivity index is 1.83. The SMILES string of the molecule is Cc1ccc(NC(=O)/C(C#N)=C\NCCCc2ccccc2)cc1Cl. The van der Waals surface area contributed by atoms with Gasteiger partial charge in [0.2, 0.25) is 0 Å². The first-order chi connectivity index (χ1) is 12.1. The Morgan fingerprint density at radius 2 is 2.00 bits per heavy atom. The summed E-state index contributed by atoms with van der Waals surface area (Å²) < 4.78 is 0. The van der Waals surface area contributed by atoms with Gasteiger partial charge in [0.25, 0.3) is 5.91 Å². The molecule has 128 valence electrons. The second-order valence-electron chi connectivity index (χ2n) is 5.63. The molecule has 0 unspecified atom stereocenters. The van der Waals surface area contributed by atoms with Gasteiger partial charge >= 0.3 is 0 Å². The van der Waals surface area contributed by atoms with Crippen molar-refractivity contribution in [2.75, 3.05) is 11.9 Å². The largest absolute Gasteiger partial charge is 0.390 e. The maximum atomic E-state index is 12.1. The average Bonchev–Trinajstić information content (AvgIpc) is 2.62. The summed E-state index contributed by atoms with van der Waals surface area (Å²) in [7, 11) is 0. The zero-order chi connectivity index (χ0) is 18.1. The van der Waals surface area contributed by atoms with Gasteiger partial charge in [0, 0.05) is 23.5 Å². The number of anilines is 1. The van der Waals surface area contributed by atoms with Gasteiger partial charge in [-0.05, 0) is 43.0 Å². The third kappa shape index (κ3) is 5.98. The molecule has 5 heteroatoms. The molecule has 0 saturated carbocycles. The normalized spacial score (nSPS) is 10.8. The van der Waals surface area contributed by atoms with Crippen molar-refractivity contribution in [2.45, 2.75) is 19.8 Å². The highest BCUT2D eigenvalue weighted by molar-refractivity contribution is 6.31. The van der Waals surface area contributed by atoms with Gasteiger partial charge in [0.05, 0.1) is 0 Å². The van der Waals surface area contributed by atoms with Crippen molar-refractivity contribution in [1.82, 2.24) is 5.32 Å². The molecule has 0 radical (unpaired) electrons. The molecular formula is C20H20ClN3O. The number of carbonyl (C=O) groups is 1. The molecule has 25 heavy (non-hydrogen) atoms. The zero-order valence-corrected chi connectivity index (χ0v) is 14.8. The minimum atomic E-state index is -0.460. The van der Waals surface area contributed by atoms with E-state index in [1.807, 2.05) is 37.3 Å². The van der Waals surface area contributed by atoms with Gasteiger partial charge in [-0.3, -0.25) is 4.79 Å². The predicted octanol–water partition coefficient (Wildman–Crippen LogP) is 4.22. The van der Waals surface area contributed by atoms with Gasteiger partial charge in [-0.1, -0.05) is 48.0 Å². The molecule has 0 bridgehead atoms. The van der Waals surface area contributed by atoms with Crippen LogP contribution in [0.25, 0.3) is 0 Å². The molecular weight excluding hydrogens is 334 g/mol. The number of rotatable bonds is 7. The lowest BCUT2D eigenvalue weighted by Crippen LogP contribution is -2.17. The fourth-order valence-corrected chi connectivity index (χ4v) is 2.41. The van der Waals surface area contributed by atoms with Gasteiger partial charge in [-0.25, -0.2) is 0 Å². The Bertz CT molecular complexity index is 794. The van der Waals surface area contributed by atoms with Crippen LogP contribution in [-0.2, 0) is 11.2 Å². The van der Waals surface area contributed by atoms with Crippen molar-refractivity contribution in [3.63, 3.8) is 0 Å². The minimum Gasteiger partial charge on any atom is -0.390 e. The molecule has 0 aliphatic rings. The van der Waals surface area contributed by atoms with Gasteiger partial charge in [0.15, 0.2) is 0 Å². The van der Waals surface area contributed by atoms with Crippen molar-refractivity contribution in [2.24, 2.45) is 0 Å². The zero-order valence-electron chi connectivity index (χ0n) is 14.1. The van der Waals surface area contributed by atoms with Gasteiger partial charge in [-0.15, -0.1) is 0 Å². The Kier molecular flexibility index (Phi) is 7.06. The number of amides is 1. The summed E-state index contributed by atoms with van der Waals surface area (Å²) in [5.41, 5.74) is 2.78. The molecule has 0 aliphatic carbocycles. The van der Waals surface area contributed by atoms with Crippen LogP contribution in [0.1, 0.15) is 17.5 Å². The summed E-state index contributed by atoms with van der Waals surface area (Å²) in [5, 5.41) is 15.4. The Morgan fingerprint density at radius 1 is 1.24 bits per heavy atom. The fourth-order valence-electron chi connectivity index (χ4n) is 2.23. The number of carbonyl (C=O) groups excluding carboxylic acids is 1. The molecule has 2 rings (SSSR count). The van der Waals surface area contributed by atoms with E-state index >= 15 is 0 Å². The van der Waals surface area contributed by atoms with Crippen LogP contribution in [0.2, 0.25) is 5.02 Å². The first kappa shape index (κ1) is 18.6. The van der Waals surface area contributed by atoms with Crippen molar-refractivity contribution < 1.29 is 4.79 Å². The van der Waals surface area contributed by atoms with E-state index in [2.05, 4.69) is 22.8 Å². The highest BCUT2D eigenvalue weighted by Gasteiger charge is 2.09. The van der Waals surface area contributed by atoms with E-state index in [1.54, 1.807) is 12.1 Å². The Morgan fingerprint density at radius 3 is 2.68 bits per heavy atom. The highest BCUT2D eigenvalue weighted by atomic mass is 35.5. The number of nitriles is 1. The first-order valence-corrected chi connectivity index (χ1v) is 8.43. The van der Waals surface area contributed by atoms with E-state index in [0.29, 0.717) is 17.3 Å². The van der Waals surface area contributed by atoms with Crippen LogP contribution in [0, 0.1) is 18.3 Å². The van der Waals surface area contributed by atoms with Crippen LogP contribution in [0.5, 0.6) is 0 Å². The number of aryl methyl sites for hydroxylation is 2.